The number of rotatable bonds is 5. The van der Waals surface area contributed by atoms with Crippen molar-refractivity contribution in [2.75, 3.05) is 0 Å². The summed E-state index contributed by atoms with van der Waals surface area (Å²) in [5.74, 6) is -34.2. The van der Waals surface area contributed by atoms with Gasteiger partial charge in [-0.2, -0.15) is 66.6 Å². The van der Waals surface area contributed by atoms with Crippen molar-refractivity contribution in [3.8, 4) is 0 Å². The summed E-state index contributed by atoms with van der Waals surface area (Å²) in [6, 6.07) is 0. The van der Waals surface area contributed by atoms with Gasteiger partial charge in [0, 0.05) is 0 Å². The molecule has 26 heavy (non-hydrogen) atoms. The van der Waals surface area contributed by atoms with Crippen molar-refractivity contribution in [3.05, 3.63) is 0 Å². The molecule has 1 amide bonds. The Bertz CT molecular complexity index is 574. The molecule has 0 aliphatic rings. The van der Waals surface area contributed by atoms with E-state index in [1.165, 1.54) is 5.10 Å². The van der Waals surface area contributed by atoms with Gasteiger partial charge in [-0.1, -0.05) is 0 Å². The Morgan fingerprint density at radius 1 is 0.654 bits per heavy atom. The van der Waals surface area contributed by atoms with Crippen LogP contribution in [-0.2, 0) is 4.79 Å². The molecule has 0 aromatic rings. The van der Waals surface area contributed by atoms with Crippen molar-refractivity contribution in [1.29, 1.82) is 0 Å². The van der Waals surface area contributed by atoms with Crippen LogP contribution in [0.4, 0.5) is 61.5 Å². The van der Waals surface area contributed by atoms with E-state index < -0.39 is 47.8 Å². The quantitative estimate of drug-likeness (QED) is 0.309. The van der Waals surface area contributed by atoms with Crippen LogP contribution in [0.15, 0.2) is 5.10 Å². The highest BCUT2D eigenvalue weighted by Gasteiger charge is 2.77. The minimum absolute atomic E-state index is 0.156. The number of carbonyl (C=O) groups excluding carboxylic acids is 1. The number of halogens is 14. The van der Waals surface area contributed by atoms with Crippen LogP contribution in [0.1, 0.15) is 0 Å². The number of nitrogens with two attached hydrogens (primary N) is 1. The van der Waals surface area contributed by atoms with Gasteiger partial charge < -0.3 is 5.73 Å². The molecule has 0 aliphatic carbocycles. The van der Waals surface area contributed by atoms with E-state index in [-0.39, 0.29) is 5.43 Å². The summed E-state index contributed by atoms with van der Waals surface area (Å²) in [6.45, 7) is 0. The van der Waals surface area contributed by atoms with Crippen LogP contribution >= 0.6 is 0 Å². The molecule has 0 aromatic carbocycles. The Morgan fingerprint density at radius 3 is 1.27 bits per heavy atom. The number of alkyl halides is 14. The molecule has 0 unspecified atom stereocenters. The van der Waals surface area contributed by atoms with Crippen molar-refractivity contribution in [2.45, 2.75) is 36.0 Å². The highest BCUT2D eigenvalue weighted by atomic mass is 19.4. The third kappa shape index (κ3) is 3.71. The Labute approximate surface area is 132 Å². The standard InChI is InChI=1S/C8H3F14N3O/c9-3(10,5(13,14)7(17,18)19)1(23)24-25-2(26)4(11,12)6(15,16)8(20,21)22/h(H2,23,24)(H,25,26). The van der Waals surface area contributed by atoms with E-state index in [9.17, 15) is 66.3 Å². The van der Waals surface area contributed by atoms with E-state index in [2.05, 4.69) is 5.73 Å². The maximum Gasteiger partial charge on any atom is 0.460 e. The van der Waals surface area contributed by atoms with Crippen molar-refractivity contribution in [2.24, 2.45) is 10.8 Å². The van der Waals surface area contributed by atoms with Gasteiger partial charge in [0.05, 0.1) is 0 Å². The van der Waals surface area contributed by atoms with E-state index in [1.54, 1.807) is 0 Å². The molecule has 154 valence electrons. The maximum atomic E-state index is 12.9. The molecular formula is C8H3F14N3O. The van der Waals surface area contributed by atoms with Gasteiger partial charge in [-0.05, 0) is 0 Å². The van der Waals surface area contributed by atoms with Crippen LogP contribution in [0.3, 0.4) is 0 Å². The van der Waals surface area contributed by atoms with E-state index in [0.29, 0.717) is 0 Å². The molecule has 0 atom stereocenters. The second kappa shape index (κ2) is 6.29. The molecule has 0 bridgehead atoms. The third-order valence-electron chi connectivity index (χ3n) is 2.39. The predicted molar refractivity (Wildman–Crippen MR) is 51.7 cm³/mol. The predicted octanol–water partition coefficient (Wildman–Crippen LogP) is 3.04. The first-order valence-corrected chi connectivity index (χ1v) is 5.34. The summed E-state index contributed by atoms with van der Waals surface area (Å²) < 4.78 is 172. The van der Waals surface area contributed by atoms with Crippen LogP contribution in [0.25, 0.3) is 0 Å². The average molecular weight is 423 g/mol. The largest absolute Gasteiger partial charge is 0.460 e. The number of hydrogen-bond donors (Lipinski definition) is 2. The Morgan fingerprint density at radius 2 is 0.962 bits per heavy atom. The number of hydrogen-bond acceptors (Lipinski definition) is 2. The Kier molecular flexibility index (Phi) is 5.80. The van der Waals surface area contributed by atoms with Crippen LogP contribution in [-0.4, -0.2) is 47.8 Å². The summed E-state index contributed by atoms with van der Waals surface area (Å²) in [7, 11) is 0. The zero-order valence-electron chi connectivity index (χ0n) is 11.2. The Balaban J connectivity index is 5.67. The number of nitrogens with zero attached hydrogens (tertiary/aromatic N) is 1. The summed E-state index contributed by atoms with van der Waals surface area (Å²) >= 11 is 0. The minimum Gasteiger partial charge on any atom is -0.380 e. The van der Waals surface area contributed by atoms with Gasteiger partial charge in [0.25, 0.3) is 0 Å². The lowest BCUT2D eigenvalue weighted by Gasteiger charge is -2.28. The zero-order chi connectivity index (χ0) is 21.6. The molecule has 3 N–H and O–H groups in total. The third-order valence-corrected chi connectivity index (χ3v) is 2.39. The van der Waals surface area contributed by atoms with Gasteiger partial charge in [0.15, 0.2) is 5.84 Å². The van der Waals surface area contributed by atoms with Gasteiger partial charge in [-0.15, -0.1) is 0 Å². The van der Waals surface area contributed by atoms with E-state index in [0.717, 1.165) is 0 Å². The fourth-order valence-corrected chi connectivity index (χ4v) is 0.911. The lowest BCUT2D eigenvalue weighted by atomic mass is 10.1. The van der Waals surface area contributed by atoms with Gasteiger partial charge in [-0.25, -0.2) is 5.43 Å². The number of carbonyl (C=O) groups is 1. The fourth-order valence-electron chi connectivity index (χ4n) is 0.911. The van der Waals surface area contributed by atoms with Crippen LogP contribution in [0.2, 0.25) is 0 Å². The second-order valence-electron chi connectivity index (χ2n) is 4.23. The first-order valence-electron chi connectivity index (χ1n) is 5.34. The molecule has 0 spiro atoms. The highest BCUT2D eigenvalue weighted by molar-refractivity contribution is 5.91. The molecule has 0 rings (SSSR count). The van der Waals surface area contributed by atoms with E-state index >= 15 is 0 Å². The minimum atomic E-state index is -7.08. The summed E-state index contributed by atoms with van der Waals surface area (Å²) in [5.41, 5.74) is 3.82. The monoisotopic (exact) mass is 423 g/mol. The molecule has 0 heterocycles. The lowest BCUT2D eigenvalue weighted by molar-refractivity contribution is -0.344. The molecule has 18 heteroatoms. The molecule has 0 fully saturated rings. The van der Waals surface area contributed by atoms with Crippen molar-refractivity contribution in [3.63, 3.8) is 0 Å². The summed E-state index contributed by atoms with van der Waals surface area (Å²) in [4.78, 5) is 10.6. The molecular weight excluding hydrogens is 420 g/mol. The number of nitrogens with one attached hydrogen (secondary N) is 1. The molecule has 0 saturated heterocycles. The van der Waals surface area contributed by atoms with Crippen molar-refractivity contribution >= 4 is 11.7 Å². The first kappa shape index (κ1) is 24.0. The van der Waals surface area contributed by atoms with Gasteiger partial charge in [0.1, 0.15) is 0 Å². The summed E-state index contributed by atoms with van der Waals surface area (Å²) in [5, 5.41) is 1.42. The number of amides is 1. The second-order valence-corrected chi connectivity index (χ2v) is 4.23. The molecule has 0 saturated carbocycles. The number of amidine groups is 1. The van der Waals surface area contributed by atoms with Crippen molar-refractivity contribution in [1.82, 2.24) is 5.43 Å². The van der Waals surface area contributed by atoms with Gasteiger partial charge >= 0.3 is 41.9 Å². The molecule has 0 aliphatic heterocycles. The average Bonchev–Trinajstić information content (AvgIpc) is 2.40. The Hall–Kier alpha value is -2.04. The highest BCUT2D eigenvalue weighted by Crippen LogP contribution is 2.47. The normalized spacial score (nSPS) is 15.8. The molecule has 0 radical (unpaired) electrons. The molecule has 0 aromatic heterocycles. The number of hydrazone groups is 1. The zero-order valence-corrected chi connectivity index (χ0v) is 11.2. The fraction of sp³-hybridized carbons (Fsp3) is 0.750. The van der Waals surface area contributed by atoms with E-state index in [4.69, 9.17) is 0 Å². The van der Waals surface area contributed by atoms with Gasteiger partial charge in [-0.3, -0.25) is 4.79 Å². The van der Waals surface area contributed by atoms with E-state index in [1.807, 2.05) is 0 Å². The smallest absolute Gasteiger partial charge is 0.380 e. The summed E-state index contributed by atoms with van der Waals surface area (Å²) in [6.07, 6.45) is -14.0. The topological polar surface area (TPSA) is 67.5 Å². The first-order chi connectivity index (χ1) is 11.0. The van der Waals surface area contributed by atoms with Crippen LogP contribution in [0, 0.1) is 0 Å². The lowest BCUT2D eigenvalue weighted by Crippen LogP contribution is -2.60. The van der Waals surface area contributed by atoms with Crippen LogP contribution in [0.5, 0.6) is 0 Å². The van der Waals surface area contributed by atoms with Crippen molar-refractivity contribution < 1.29 is 66.3 Å². The molecule has 4 nitrogen and oxygen atoms in total. The maximum absolute atomic E-state index is 12.9. The van der Waals surface area contributed by atoms with Gasteiger partial charge in [0.2, 0.25) is 0 Å². The van der Waals surface area contributed by atoms with Crippen LogP contribution < -0.4 is 11.2 Å². The SMILES string of the molecule is NC(=NNC(=O)C(F)(F)C(F)(F)C(F)(F)F)C(F)(F)C(F)(F)C(F)(F)F.